The van der Waals surface area contributed by atoms with Gasteiger partial charge >= 0.3 is 0 Å². The van der Waals surface area contributed by atoms with Crippen molar-refractivity contribution >= 4 is 22.6 Å². The molecule has 0 unspecified atom stereocenters. The van der Waals surface area contributed by atoms with Crippen molar-refractivity contribution in [3.05, 3.63) is 30.0 Å². The van der Waals surface area contributed by atoms with Gasteiger partial charge in [-0.15, -0.1) is 0 Å². The maximum absolute atomic E-state index is 12.4. The van der Waals surface area contributed by atoms with Crippen LogP contribution < -0.4 is 5.73 Å². The number of rotatable bonds is 5. The molecule has 0 atom stereocenters. The quantitative estimate of drug-likeness (QED) is 0.819. The summed E-state index contributed by atoms with van der Waals surface area (Å²) in [6.45, 7) is -1.33. The third-order valence-corrected chi connectivity index (χ3v) is 2.77. The Morgan fingerprint density at radius 1 is 1.40 bits per heavy atom. The second-order valence-corrected chi connectivity index (χ2v) is 4.27. The van der Waals surface area contributed by atoms with Crippen LogP contribution in [0.2, 0.25) is 0 Å². The summed E-state index contributed by atoms with van der Waals surface area (Å²) in [5.41, 5.74) is 6.57. The molecule has 1 amide bonds. The van der Waals surface area contributed by atoms with Gasteiger partial charge in [0.25, 0.3) is 12.3 Å². The van der Waals surface area contributed by atoms with Gasteiger partial charge in [0.2, 0.25) is 0 Å². The molecule has 5 nitrogen and oxygen atoms in total. The number of hydrogen-bond acceptors (Lipinski definition) is 4. The number of benzene rings is 1. The second kappa shape index (κ2) is 5.87. The molecule has 7 heteroatoms. The number of nitrogen functional groups attached to an aromatic ring is 1. The minimum Gasteiger partial charge on any atom is -0.451 e. The van der Waals surface area contributed by atoms with E-state index in [9.17, 15) is 13.6 Å². The van der Waals surface area contributed by atoms with Gasteiger partial charge in [-0.3, -0.25) is 4.79 Å². The first-order valence-corrected chi connectivity index (χ1v) is 5.98. The van der Waals surface area contributed by atoms with Crippen LogP contribution in [-0.4, -0.2) is 42.0 Å². The summed E-state index contributed by atoms with van der Waals surface area (Å²) in [5.74, 6) is -0.742. The molecule has 1 aromatic heterocycles. The number of aliphatic hydroxyl groups is 1. The van der Waals surface area contributed by atoms with Crippen LogP contribution in [0, 0.1) is 0 Å². The van der Waals surface area contributed by atoms with E-state index in [4.69, 9.17) is 15.3 Å². The lowest BCUT2D eigenvalue weighted by molar-refractivity contribution is 0.0485. The van der Waals surface area contributed by atoms with Gasteiger partial charge in [0.1, 0.15) is 5.58 Å². The van der Waals surface area contributed by atoms with Crippen molar-refractivity contribution in [3.63, 3.8) is 0 Å². The maximum atomic E-state index is 12.4. The Bertz CT molecular complexity index is 613. The van der Waals surface area contributed by atoms with Crippen LogP contribution in [0.15, 0.2) is 28.7 Å². The normalized spacial score (nSPS) is 11.2. The van der Waals surface area contributed by atoms with Crippen LogP contribution in [0.5, 0.6) is 0 Å². The predicted octanol–water partition coefficient (Wildman–Crippen LogP) is 1.71. The zero-order chi connectivity index (χ0) is 14.7. The number of halogens is 2. The van der Waals surface area contributed by atoms with E-state index in [1.807, 2.05) is 0 Å². The largest absolute Gasteiger partial charge is 0.451 e. The lowest BCUT2D eigenvalue weighted by atomic mass is 10.2. The summed E-state index contributed by atoms with van der Waals surface area (Å²) < 4.78 is 30.2. The number of fused-ring (bicyclic) bond motifs is 1. The van der Waals surface area contributed by atoms with Crippen LogP contribution in [0.3, 0.4) is 0 Å². The van der Waals surface area contributed by atoms with E-state index >= 15 is 0 Å². The number of carbonyl (C=O) groups excluding carboxylic acids is 1. The second-order valence-electron chi connectivity index (χ2n) is 4.27. The highest BCUT2D eigenvalue weighted by atomic mass is 19.3. The summed E-state index contributed by atoms with van der Waals surface area (Å²) in [6.07, 6.45) is -2.68. The van der Waals surface area contributed by atoms with Crippen molar-refractivity contribution < 1.29 is 23.1 Å². The minimum atomic E-state index is -2.68. The van der Waals surface area contributed by atoms with Crippen LogP contribution >= 0.6 is 0 Å². The number of nitrogens with two attached hydrogens (primary N) is 1. The fourth-order valence-electron chi connectivity index (χ4n) is 1.89. The zero-order valence-corrected chi connectivity index (χ0v) is 10.6. The van der Waals surface area contributed by atoms with E-state index in [1.54, 1.807) is 18.2 Å². The molecular formula is C13H14F2N2O3. The average molecular weight is 284 g/mol. The molecule has 0 saturated carbocycles. The van der Waals surface area contributed by atoms with Crippen LogP contribution in [0.25, 0.3) is 11.0 Å². The average Bonchev–Trinajstić information content (AvgIpc) is 2.79. The molecular weight excluding hydrogens is 270 g/mol. The molecule has 108 valence electrons. The molecule has 3 N–H and O–H groups in total. The van der Waals surface area contributed by atoms with E-state index in [2.05, 4.69) is 0 Å². The van der Waals surface area contributed by atoms with E-state index in [0.717, 1.165) is 4.90 Å². The van der Waals surface area contributed by atoms with E-state index in [-0.39, 0.29) is 12.3 Å². The molecule has 0 aliphatic heterocycles. The summed E-state index contributed by atoms with van der Waals surface area (Å²) in [4.78, 5) is 12.9. The van der Waals surface area contributed by atoms with Gasteiger partial charge < -0.3 is 20.2 Å². The van der Waals surface area contributed by atoms with Gasteiger partial charge in [-0.25, -0.2) is 8.78 Å². The molecule has 0 radical (unpaired) electrons. The number of aliphatic hydroxyl groups excluding tert-OH is 1. The number of alkyl halides is 2. The monoisotopic (exact) mass is 284 g/mol. The molecule has 0 fully saturated rings. The standard InChI is InChI=1S/C13H14F2N2O3/c14-12(15)7-17(3-4-18)13(19)11-6-8-5-9(16)1-2-10(8)20-11/h1-2,5-6,12,18H,3-4,7,16H2. The molecule has 1 heterocycles. The van der Waals surface area contributed by atoms with Crippen LogP contribution in [-0.2, 0) is 0 Å². The van der Waals surface area contributed by atoms with Crippen LogP contribution in [0.4, 0.5) is 14.5 Å². The molecule has 0 spiro atoms. The molecule has 0 aliphatic carbocycles. The van der Waals surface area contributed by atoms with Crippen molar-refractivity contribution in [3.8, 4) is 0 Å². The highest BCUT2D eigenvalue weighted by Gasteiger charge is 2.22. The lowest BCUT2D eigenvalue weighted by Crippen LogP contribution is -2.37. The Labute approximate surface area is 113 Å². The van der Waals surface area contributed by atoms with E-state index in [1.165, 1.54) is 6.07 Å². The number of carbonyl (C=O) groups is 1. The molecule has 20 heavy (non-hydrogen) atoms. The van der Waals surface area contributed by atoms with Gasteiger partial charge in [-0.05, 0) is 24.3 Å². The smallest absolute Gasteiger partial charge is 0.289 e. The third-order valence-electron chi connectivity index (χ3n) is 2.77. The van der Waals surface area contributed by atoms with Gasteiger partial charge in [0.05, 0.1) is 13.2 Å². The highest BCUT2D eigenvalue weighted by Crippen LogP contribution is 2.22. The third kappa shape index (κ3) is 3.05. The summed E-state index contributed by atoms with van der Waals surface area (Å²) in [5, 5.41) is 9.46. The molecule has 1 aromatic carbocycles. The minimum absolute atomic E-state index is 0.0558. The topological polar surface area (TPSA) is 79.7 Å². The lowest BCUT2D eigenvalue weighted by Gasteiger charge is -2.19. The highest BCUT2D eigenvalue weighted by molar-refractivity contribution is 5.96. The number of furan rings is 1. The van der Waals surface area contributed by atoms with Crippen molar-refractivity contribution in [1.29, 1.82) is 0 Å². The number of hydrogen-bond donors (Lipinski definition) is 2. The predicted molar refractivity (Wildman–Crippen MR) is 69.6 cm³/mol. The molecule has 2 rings (SSSR count). The summed E-state index contributed by atoms with van der Waals surface area (Å²) in [7, 11) is 0. The summed E-state index contributed by atoms with van der Waals surface area (Å²) >= 11 is 0. The number of nitrogens with zero attached hydrogens (tertiary/aromatic N) is 1. The molecule has 0 aliphatic rings. The summed E-state index contributed by atoms with van der Waals surface area (Å²) in [6, 6.07) is 6.29. The van der Waals surface area contributed by atoms with Gasteiger partial charge in [-0.2, -0.15) is 0 Å². The fraction of sp³-hybridized carbons (Fsp3) is 0.308. The van der Waals surface area contributed by atoms with Crippen molar-refractivity contribution in [2.75, 3.05) is 25.4 Å². The first-order valence-electron chi connectivity index (χ1n) is 5.98. The van der Waals surface area contributed by atoms with Crippen molar-refractivity contribution in [1.82, 2.24) is 4.90 Å². The molecule has 2 aromatic rings. The SMILES string of the molecule is Nc1ccc2oc(C(=O)N(CCO)CC(F)F)cc2c1. The first kappa shape index (κ1) is 14.3. The van der Waals surface area contributed by atoms with Gasteiger partial charge in [0, 0.05) is 17.6 Å². The number of amides is 1. The Kier molecular flexibility index (Phi) is 4.19. The molecule has 0 bridgehead atoms. The zero-order valence-electron chi connectivity index (χ0n) is 10.6. The van der Waals surface area contributed by atoms with E-state index < -0.39 is 25.5 Å². The van der Waals surface area contributed by atoms with Gasteiger partial charge in [-0.1, -0.05) is 0 Å². The van der Waals surface area contributed by atoms with Gasteiger partial charge in [0.15, 0.2) is 5.76 Å². The Balaban J connectivity index is 2.28. The number of anilines is 1. The maximum Gasteiger partial charge on any atom is 0.289 e. The fourth-order valence-corrected chi connectivity index (χ4v) is 1.89. The Morgan fingerprint density at radius 2 is 2.15 bits per heavy atom. The first-order chi connectivity index (χ1) is 9.51. The Morgan fingerprint density at radius 3 is 2.80 bits per heavy atom. The van der Waals surface area contributed by atoms with Crippen molar-refractivity contribution in [2.24, 2.45) is 0 Å². The van der Waals surface area contributed by atoms with E-state index in [0.29, 0.717) is 16.7 Å². The van der Waals surface area contributed by atoms with Crippen molar-refractivity contribution in [2.45, 2.75) is 6.43 Å². The Hall–Kier alpha value is -2.15. The molecule has 0 saturated heterocycles. The van der Waals surface area contributed by atoms with Crippen LogP contribution in [0.1, 0.15) is 10.6 Å².